The Morgan fingerprint density at radius 2 is 2.00 bits per heavy atom. The monoisotopic (exact) mass is 202 g/mol. The number of nitroso groups, excluding NO2 is 1. The van der Waals surface area contributed by atoms with Crippen molar-refractivity contribution >= 4 is 11.7 Å². The maximum Gasteiger partial charge on any atom is 0.409 e. The molecule has 2 rings (SSSR count). The highest BCUT2D eigenvalue weighted by atomic mass is 16.5. The topological polar surface area (TPSA) is 61.0 Å². The van der Waals surface area contributed by atoms with Gasteiger partial charge in [0.1, 0.15) is 0 Å². The molecule has 1 heterocycles. The van der Waals surface area contributed by atoms with Gasteiger partial charge in [-0.3, -0.25) is 0 Å². The second-order valence-electron chi connectivity index (χ2n) is 3.00. The standard InChI is InChI=1S/C11H7NO3/c1-7-9(11(13)14)10(12-15-7)8-5-3-2-4-6-8/h2-6H,1H2/p+1. The van der Waals surface area contributed by atoms with Crippen LogP contribution in [0.4, 0.5) is 0 Å². The molecule has 15 heavy (non-hydrogen) atoms. The van der Waals surface area contributed by atoms with E-state index in [9.17, 15) is 4.79 Å². The molecule has 0 fully saturated rings. The summed E-state index contributed by atoms with van der Waals surface area (Å²) in [7, 11) is 0. The van der Waals surface area contributed by atoms with Crippen molar-refractivity contribution in [2.45, 2.75) is 0 Å². The Kier molecular flexibility index (Phi) is 2.17. The molecule has 1 N–H and O–H groups in total. The number of hydrogen-bond acceptors (Lipinski definition) is 2. The van der Waals surface area contributed by atoms with Crippen LogP contribution in [0.3, 0.4) is 0 Å². The molecule has 0 radical (unpaired) electrons. The average molecular weight is 202 g/mol. The van der Waals surface area contributed by atoms with E-state index in [0.29, 0.717) is 11.3 Å². The van der Waals surface area contributed by atoms with Gasteiger partial charge in [0.15, 0.2) is 10.9 Å². The van der Waals surface area contributed by atoms with Crippen LogP contribution in [-0.2, 0) is 4.79 Å². The molecule has 1 aromatic carbocycles. The van der Waals surface area contributed by atoms with Gasteiger partial charge in [0, 0.05) is 12.1 Å². The highest BCUT2D eigenvalue weighted by Gasteiger charge is 2.35. The number of rotatable bonds is 2. The van der Waals surface area contributed by atoms with E-state index >= 15 is 0 Å². The molecule has 1 aromatic rings. The van der Waals surface area contributed by atoms with Crippen molar-refractivity contribution in [2.75, 3.05) is 0 Å². The van der Waals surface area contributed by atoms with E-state index in [4.69, 9.17) is 9.64 Å². The minimum absolute atomic E-state index is 0.0150. The Morgan fingerprint density at radius 1 is 1.33 bits per heavy atom. The van der Waals surface area contributed by atoms with Crippen LogP contribution in [-0.4, -0.2) is 11.1 Å². The fourth-order valence-electron chi connectivity index (χ4n) is 1.34. The first-order valence-electron chi connectivity index (χ1n) is 4.30. The van der Waals surface area contributed by atoms with Gasteiger partial charge in [0.05, 0.1) is 0 Å². The minimum Gasteiger partial charge on any atom is -0.477 e. The van der Waals surface area contributed by atoms with E-state index in [0.717, 1.165) is 0 Å². The first-order valence-corrected chi connectivity index (χ1v) is 4.30. The van der Waals surface area contributed by atoms with Gasteiger partial charge in [0.2, 0.25) is 5.57 Å². The molecule has 0 aliphatic carbocycles. The molecule has 0 aromatic heterocycles. The molecule has 0 bridgehead atoms. The lowest BCUT2D eigenvalue weighted by molar-refractivity contribution is -0.132. The van der Waals surface area contributed by atoms with Crippen molar-refractivity contribution in [1.29, 1.82) is 0 Å². The number of hydrogen-bond donors (Lipinski definition) is 1. The Hall–Kier alpha value is -2.23. The molecule has 4 nitrogen and oxygen atoms in total. The molecule has 0 saturated heterocycles. The molecule has 0 atom stereocenters. The maximum atomic E-state index is 10.9. The number of nitrogens with zero attached hydrogens (tertiary/aromatic N) is 1. The summed E-state index contributed by atoms with van der Waals surface area (Å²) >= 11 is 0. The van der Waals surface area contributed by atoms with Gasteiger partial charge in [-0.2, -0.15) is 0 Å². The normalized spacial score (nSPS) is 14.8. The molecule has 1 aliphatic heterocycles. The third kappa shape index (κ3) is 1.57. The molecular formula is C11H8NO3+. The lowest BCUT2D eigenvalue weighted by Crippen LogP contribution is -2.01. The van der Waals surface area contributed by atoms with E-state index in [1.165, 1.54) is 0 Å². The summed E-state index contributed by atoms with van der Waals surface area (Å²) in [5.74, 6) is -1.01. The third-order valence-corrected chi connectivity index (χ3v) is 2.02. The summed E-state index contributed by atoms with van der Waals surface area (Å²) < 4.78 is 4.77. The Labute approximate surface area is 85.8 Å². The van der Waals surface area contributed by atoms with Crippen molar-refractivity contribution < 1.29 is 9.90 Å². The van der Waals surface area contributed by atoms with Gasteiger partial charge in [-0.25, -0.2) is 4.79 Å². The summed E-state index contributed by atoms with van der Waals surface area (Å²) in [6, 6.07) is 8.99. The number of aliphatic carboxylic acids is 1. The van der Waals surface area contributed by atoms with E-state index in [2.05, 4.69) is 11.8 Å². The van der Waals surface area contributed by atoms with Crippen molar-refractivity contribution in [1.82, 2.24) is 0 Å². The minimum atomic E-state index is -1.08. The van der Waals surface area contributed by atoms with E-state index in [-0.39, 0.29) is 11.3 Å². The quantitative estimate of drug-likeness (QED) is 0.748. The highest BCUT2D eigenvalue weighted by molar-refractivity contribution is 6.02. The van der Waals surface area contributed by atoms with Crippen LogP contribution in [0.5, 0.6) is 0 Å². The highest BCUT2D eigenvalue weighted by Crippen LogP contribution is 2.30. The first kappa shape index (κ1) is 9.33. The zero-order chi connectivity index (χ0) is 10.8. The molecule has 0 amide bonds. The third-order valence-electron chi connectivity index (χ3n) is 2.02. The summed E-state index contributed by atoms with van der Waals surface area (Å²) in [5.41, 5.74) is 1.03. The van der Waals surface area contributed by atoms with Gasteiger partial charge in [-0.15, -0.1) is 0 Å². The van der Waals surface area contributed by atoms with Gasteiger partial charge in [-0.05, 0) is 0 Å². The maximum absolute atomic E-state index is 10.9. The zero-order valence-corrected chi connectivity index (χ0v) is 7.80. The number of carboxylic acid groups (broad SMARTS) is 1. The van der Waals surface area contributed by atoms with Crippen LogP contribution in [0.2, 0.25) is 0 Å². The largest absolute Gasteiger partial charge is 0.477 e. The Balaban J connectivity index is 2.57. The SMILES string of the molecule is C=C1[O+]=NC(c2ccccc2)=C1C(=O)O. The van der Waals surface area contributed by atoms with E-state index in [1.807, 2.05) is 6.07 Å². The summed E-state index contributed by atoms with van der Waals surface area (Å²) in [6.07, 6.45) is 0. The van der Waals surface area contributed by atoms with Gasteiger partial charge in [-0.1, -0.05) is 34.9 Å². The Morgan fingerprint density at radius 3 is 2.60 bits per heavy atom. The van der Waals surface area contributed by atoms with Crippen LogP contribution in [0.1, 0.15) is 5.56 Å². The first-order chi connectivity index (χ1) is 7.20. The van der Waals surface area contributed by atoms with Gasteiger partial charge >= 0.3 is 11.7 Å². The molecule has 1 aliphatic rings. The molecule has 0 saturated carbocycles. The number of benzene rings is 1. The van der Waals surface area contributed by atoms with Crippen molar-refractivity contribution in [3.63, 3.8) is 0 Å². The summed E-state index contributed by atoms with van der Waals surface area (Å²) in [5, 5.41) is 12.6. The summed E-state index contributed by atoms with van der Waals surface area (Å²) in [6.45, 7) is 3.48. The fraction of sp³-hybridized carbons (Fsp3) is 0. The lowest BCUT2D eigenvalue weighted by Gasteiger charge is -1.93. The molecule has 4 heteroatoms. The van der Waals surface area contributed by atoms with Crippen LogP contribution >= 0.6 is 0 Å². The molecule has 74 valence electrons. The van der Waals surface area contributed by atoms with Crippen molar-refractivity contribution in [2.24, 2.45) is 5.18 Å². The van der Waals surface area contributed by atoms with Gasteiger partial charge < -0.3 is 5.11 Å². The van der Waals surface area contributed by atoms with Crippen LogP contribution in [0, 0.1) is 4.54 Å². The van der Waals surface area contributed by atoms with Gasteiger partial charge in [0.25, 0.3) is 0 Å². The Bertz CT molecular complexity index is 486. The number of carboxylic acids is 1. The van der Waals surface area contributed by atoms with Crippen LogP contribution in [0.15, 0.2) is 53.4 Å². The van der Waals surface area contributed by atoms with Crippen molar-refractivity contribution in [3.05, 3.63) is 58.3 Å². The molecule has 0 spiro atoms. The van der Waals surface area contributed by atoms with E-state index < -0.39 is 5.97 Å². The molecule has 0 unspecified atom stereocenters. The zero-order valence-electron chi connectivity index (χ0n) is 7.80. The lowest BCUT2D eigenvalue weighted by atomic mass is 10.1. The van der Waals surface area contributed by atoms with Crippen molar-refractivity contribution in [3.8, 4) is 0 Å². The second kappa shape index (κ2) is 3.49. The van der Waals surface area contributed by atoms with Crippen LogP contribution < -0.4 is 0 Å². The average Bonchev–Trinajstić information content (AvgIpc) is 2.61. The smallest absolute Gasteiger partial charge is 0.409 e. The fourth-order valence-corrected chi connectivity index (χ4v) is 1.34. The van der Waals surface area contributed by atoms with Crippen LogP contribution in [0.25, 0.3) is 5.70 Å². The predicted molar refractivity (Wildman–Crippen MR) is 55.9 cm³/mol. The van der Waals surface area contributed by atoms with E-state index in [1.54, 1.807) is 24.3 Å². The second-order valence-corrected chi connectivity index (χ2v) is 3.00. The predicted octanol–water partition coefficient (Wildman–Crippen LogP) is 2.31. The summed E-state index contributed by atoms with van der Waals surface area (Å²) in [4.78, 5) is 10.9. The number of carbonyl (C=O) groups is 1. The molecular weight excluding hydrogens is 194 g/mol.